The molecule has 3 nitrogen and oxygen atoms in total. The van der Waals surface area contributed by atoms with Crippen LogP contribution in [0.5, 0.6) is 0 Å². The van der Waals surface area contributed by atoms with Gasteiger partial charge in [0, 0.05) is 6.04 Å². The maximum Gasteiger partial charge on any atom is 0.261 e. The number of hydrogen-bond donors (Lipinski definition) is 0. The number of para-hydroxylation sites is 1. The predicted octanol–water partition coefficient (Wildman–Crippen LogP) is 3.42. The van der Waals surface area contributed by atoms with Crippen LogP contribution >= 0.6 is 11.6 Å². The minimum absolute atomic E-state index is 0.0489. The van der Waals surface area contributed by atoms with Crippen LogP contribution in [-0.4, -0.2) is 9.55 Å². The zero-order valence-corrected chi connectivity index (χ0v) is 11.0. The number of rotatable bonds is 2. The molecule has 1 heterocycles. The lowest BCUT2D eigenvalue weighted by Crippen LogP contribution is -2.32. The monoisotopic (exact) mass is 262 g/mol. The van der Waals surface area contributed by atoms with Crippen LogP contribution < -0.4 is 5.56 Å². The highest BCUT2D eigenvalue weighted by atomic mass is 35.5. The largest absolute Gasteiger partial charge is 0.292 e. The van der Waals surface area contributed by atoms with Crippen molar-refractivity contribution >= 4 is 22.5 Å². The number of benzene rings is 1. The average Bonchev–Trinajstić information content (AvgIpc) is 2.30. The Bertz CT molecular complexity index is 644. The van der Waals surface area contributed by atoms with E-state index in [1.165, 1.54) is 6.42 Å². The number of aromatic nitrogens is 2. The smallest absolute Gasteiger partial charge is 0.261 e. The lowest BCUT2D eigenvalue weighted by atomic mass is 9.92. The summed E-state index contributed by atoms with van der Waals surface area (Å²) in [6, 6.07) is 7.75. The molecule has 0 spiro atoms. The molecule has 0 radical (unpaired) electrons. The molecule has 0 amide bonds. The van der Waals surface area contributed by atoms with Gasteiger partial charge in [0.25, 0.3) is 5.56 Å². The molecule has 1 saturated carbocycles. The van der Waals surface area contributed by atoms with Crippen molar-refractivity contribution in [1.29, 1.82) is 0 Å². The van der Waals surface area contributed by atoms with Crippen LogP contribution in [0.25, 0.3) is 10.9 Å². The molecule has 1 aromatic heterocycles. The van der Waals surface area contributed by atoms with Crippen molar-refractivity contribution < 1.29 is 0 Å². The Hall–Kier alpha value is -1.35. The molecule has 0 saturated heterocycles. The first-order chi connectivity index (χ1) is 8.68. The Balaban J connectivity index is 2.32. The third-order valence-corrected chi connectivity index (χ3v) is 3.83. The zero-order chi connectivity index (χ0) is 12.7. The van der Waals surface area contributed by atoms with E-state index in [1.807, 2.05) is 35.8 Å². The van der Waals surface area contributed by atoms with E-state index in [0.717, 1.165) is 18.4 Å². The van der Waals surface area contributed by atoms with Crippen LogP contribution in [0.4, 0.5) is 0 Å². The molecule has 1 atom stereocenters. The first kappa shape index (κ1) is 11.7. The lowest BCUT2D eigenvalue weighted by molar-refractivity contribution is 0.297. The summed E-state index contributed by atoms with van der Waals surface area (Å²) >= 11 is 6.18. The van der Waals surface area contributed by atoms with Gasteiger partial charge in [-0.05, 0) is 38.3 Å². The Kier molecular flexibility index (Phi) is 2.86. The molecule has 0 N–H and O–H groups in total. The summed E-state index contributed by atoms with van der Waals surface area (Å²) in [6.45, 7) is 1.87. The molecule has 0 aliphatic heterocycles. The van der Waals surface area contributed by atoms with Crippen molar-refractivity contribution in [3.63, 3.8) is 0 Å². The molecule has 1 fully saturated rings. The van der Waals surface area contributed by atoms with Crippen molar-refractivity contribution in [2.24, 2.45) is 0 Å². The SMILES string of the molecule is CC(Cl)c1nc2ccccc2c(=O)n1C1CCC1. The number of halogens is 1. The molecule has 2 aromatic rings. The lowest BCUT2D eigenvalue weighted by Gasteiger charge is -2.30. The number of fused-ring (bicyclic) bond motifs is 1. The molecule has 1 aliphatic rings. The molecule has 1 aromatic carbocycles. The van der Waals surface area contributed by atoms with Gasteiger partial charge in [-0.1, -0.05) is 12.1 Å². The third-order valence-electron chi connectivity index (χ3n) is 3.63. The summed E-state index contributed by atoms with van der Waals surface area (Å²) in [7, 11) is 0. The van der Waals surface area contributed by atoms with E-state index in [1.54, 1.807) is 0 Å². The van der Waals surface area contributed by atoms with Crippen LogP contribution in [0.15, 0.2) is 29.1 Å². The molecule has 3 rings (SSSR count). The topological polar surface area (TPSA) is 34.9 Å². The van der Waals surface area contributed by atoms with Gasteiger partial charge in [0.15, 0.2) is 0 Å². The maximum absolute atomic E-state index is 12.6. The molecule has 1 unspecified atom stereocenters. The quantitative estimate of drug-likeness (QED) is 0.778. The number of hydrogen-bond acceptors (Lipinski definition) is 2. The first-order valence-corrected chi connectivity index (χ1v) is 6.77. The Morgan fingerprint density at radius 1 is 1.39 bits per heavy atom. The van der Waals surface area contributed by atoms with Crippen LogP contribution in [0.1, 0.15) is 43.4 Å². The summed E-state index contributed by atoms with van der Waals surface area (Å²) in [5.74, 6) is 0.699. The predicted molar refractivity (Wildman–Crippen MR) is 73.2 cm³/mol. The van der Waals surface area contributed by atoms with E-state index in [0.29, 0.717) is 11.2 Å². The second-order valence-corrected chi connectivity index (χ2v) is 5.52. The Labute approximate surface area is 110 Å². The highest BCUT2D eigenvalue weighted by Crippen LogP contribution is 2.33. The van der Waals surface area contributed by atoms with Gasteiger partial charge in [-0.3, -0.25) is 9.36 Å². The standard InChI is InChI=1S/C14H15ClN2O/c1-9(15)13-16-12-8-3-2-7-11(12)14(18)17(13)10-5-4-6-10/h2-3,7-10H,4-6H2,1H3. The van der Waals surface area contributed by atoms with Gasteiger partial charge >= 0.3 is 0 Å². The van der Waals surface area contributed by atoms with Crippen molar-refractivity contribution in [3.8, 4) is 0 Å². The minimum Gasteiger partial charge on any atom is -0.292 e. The third kappa shape index (κ3) is 1.74. The van der Waals surface area contributed by atoms with E-state index in [9.17, 15) is 4.79 Å². The molecule has 18 heavy (non-hydrogen) atoms. The van der Waals surface area contributed by atoms with E-state index in [-0.39, 0.29) is 17.0 Å². The second-order valence-electron chi connectivity index (χ2n) is 4.86. The highest BCUT2D eigenvalue weighted by Gasteiger charge is 2.25. The van der Waals surface area contributed by atoms with Crippen molar-refractivity contribution in [1.82, 2.24) is 9.55 Å². The summed E-state index contributed by atoms with van der Waals surface area (Å²) in [6.07, 6.45) is 3.28. The fraction of sp³-hybridized carbons (Fsp3) is 0.429. The fourth-order valence-electron chi connectivity index (χ4n) is 2.44. The molecular formula is C14H15ClN2O. The van der Waals surface area contributed by atoms with Gasteiger partial charge in [-0.15, -0.1) is 11.6 Å². The van der Waals surface area contributed by atoms with Gasteiger partial charge in [-0.2, -0.15) is 0 Å². The molecule has 4 heteroatoms. The van der Waals surface area contributed by atoms with E-state index >= 15 is 0 Å². The van der Waals surface area contributed by atoms with Gasteiger partial charge in [0.2, 0.25) is 0 Å². The first-order valence-electron chi connectivity index (χ1n) is 6.33. The van der Waals surface area contributed by atoms with Crippen LogP contribution in [0.2, 0.25) is 0 Å². The van der Waals surface area contributed by atoms with Crippen molar-refractivity contribution in [2.75, 3.05) is 0 Å². The van der Waals surface area contributed by atoms with Gasteiger partial charge in [0.1, 0.15) is 5.82 Å². The Morgan fingerprint density at radius 3 is 2.72 bits per heavy atom. The fourth-order valence-corrected chi connectivity index (χ4v) is 2.60. The van der Waals surface area contributed by atoms with Gasteiger partial charge < -0.3 is 0 Å². The number of nitrogens with zero attached hydrogens (tertiary/aromatic N) is 2. The summed E-state index contributed by atoms with van der Waals surface area (Å²) < 4.78 is 1.81. The average molecular weight is 263 g/mol. The minimum atomic E-state index is -0.247. The van der Waals surface area contributed by atoms with E-state index in [4.69, 9.17) is 11.6 Å². The van der Waals surface area contributed by atoms with Crippen LogP contribution in [0, 0.1) is 0 Å². The van der Waals surface area contributed by atoms with Crippen LogP contribution in [-0.2, 0) is 0 Å². The molecule has 1 aliphatic carbocycles. The maximum atomic E-state index is 12.6. The normalized spacial score (nSPS) is 17.7. The summed E-state index contributed by atoms with van der Waals surface area (Å²) in [4.78, 5) is 17.1. The number of alkyl halides is 1. The Morgan fingerprint density at radius 2 is 2.11 bits per heavy atom. The second kappa shape index (κ2) is 4.39. The molecular weight excluding hydrogens is 248 g/mol. The van der Waals surface area contributed by atoms with Crippen molar-refractivity contribution in [3.05, 3.63) is 40.4 Å². The highest BCUT2D eigenvalue weighted by molar-refractivity contribution is 6.20. The van der Waals surface area contributed by atoms with E-state index in [2.05, 4.69) is 4.98 Å². The van der Waals surface area contributed by atoms with E-state index < -0.39 is 0 Å². The van der Waals surface area contributed by atoms with Crippen molar-refractivity contribution in [2.45, 2.75) is 37.6 Å². The van der Waals surface area contributed by atoms with Gasteiger partial charge in [-0.25, -0.2) is 4.98 Å². The molecule has 0 bridgehead atoms. The van der Waals surface area contributed by atoms with Gasteiger partial charge in [0.05, 0.1) is 16.3 Å². The summed E-state index contributed by atoms with van der Waals surface area (Å²) in [5.41, 5.74) is 0.786. The summed E-state index contributed by atoms with van der Waals surface area (Å²) in [5, 5.41) is 0.438. The zero-order valence-electron chi connectivity index (χ0n) is 10.3. The van der Waals surface area contributed by atoms with Crippen LogP contribution in [0.3, 0.4) is 0 Å². The molecule has 94 valence electrons.